The molecule has 1 aromatic heterocycles. The van der Waals surface area contributed by atoms with Crippen molar-refractivity contribution in [2.75, 3.05) is 0 Å². The number of hydrogen-bond acceptors (Lipinski definition) is 5. The number of benzene rings is 1. The topological polar surface area (TPSA) is 70.8 Å². The van der Waals surface area contributed by atoms with Gasteiger partial charge < -0.3 is 9.52 Å². The fourth-order valence-electron chi connectivity index (χ4n) is 2.71. The van der Waals surface area contributed by atoms with Crippen molar-refractivity contribution in [3.8, 4) is 11.3 Å². The van der Waals surface area contributed by atoms with Gasteiger partial charge in [0.05, 0.1) is 4.91 Å². The third-order valence-corrected chi connectivity index (χ3v) is 5.34. The van der Waals surface area contributed by atoms with Gasteiger partial charge in [-0.3, -0.25) is 9.69 Å². The van der Waals surface area contributed by atoms with Crippen molar-refractivity contribution in [1.29, 1.82) is 0 Å². The number of aliphatic carboxylic acids is 1. The Hall–Kier alpha value is -2.45. The van der Waals surface area contributed by atoms with E-state index in [0.29, 0.717) is 34.8 Å². The highest BCUT2D eigenvalue weighted by Gasteiger charge is 2.40. The van der Waals surface area contributed by atoms with Crippen LogP contribution in [0, 0.1) is 5.82 Å². The fourth-order valence-corrected chi connectivity index (χ4v) is 4.05. The first kappa shape index (κ1) is 19.3. The standard InChI is InChI=1S/C19H16FNO4S2/c1-2-3-14(18(23)24)21-17(22)16(27-19(21)26)10-13-8-9-15(25-13)11-4-6-12(20)7-5-11/h4-10,14H,2-3H2,1H3,(H,23,24)/b16-10-/t14-/m1/s1. The Morgan fingerprint density at radius 2 is 2.04 bits per heavy atom. The van der Waals surface area contributed by atoms with Crippen LogP contribution in [0.25, 0.3) is 17.4 Å². The monoisotopic (exact) mass is 405 g/mol. The van der Waals surface area contributed by atoms with E-state index in [1.54, 1.807) is 24.3 Å². The van der Waals surface area contributed by atoms with Crippen molar-refractivity contribution in [2.24, 2.45) is 0 Å². The van der Waals surface area contributed by atoms with Gasteiger partial charge in [0.15, 0.2) is 0 Å². The third kappa shape index (κ3) is 4.12. The van der Waals surface area contributed by atoms with Crippen molar-refractivity contribution in [3.63, 3.8) is 0 Å². The Kier molecular flexibility index (Phi) is 5.76. The number of nitrogens with zero attached hydrogens (tertiary/aromatic N) is 1. The van der Waals surface area contributed by atoms with E-state index in [2.05, 4.69) is 0 Å². The van der Waals surface area contributed by atoms with Crippen LogP contribution < -0.4 is 0 Å². The van der Waals surface area contributed by atoms with E-state index >= 15 is 0 Å². The molecule has 0 radical (unpaired) electrons. The van der Waals surface area contributed by atoms with E-state index in [4.69, 9.17) is 16.6 Å². The second-order valence-electron chi connectivity index (χ2n) is 5.90. The largest absolute Gasteiger partial charge is 0.480 e. The van der Waals surface area contributed by atoms with E-state index in [0.717, 1.165) is 16.7 Å². The van der Waals surface area contributed by atoms with Crippen LogP contribution in [0.4, 0.5) is 4.39 Å². The number of carbonyl (C=O) groups excluding carboxylic acids is 1. The number of thiocarbonyl (C=S) groups is 1. The Bertz CT molecular complexity index is 920. The van der Waals surface area contributed by atoms with Crippen LogP contribution in [-0.4, -0.2) is 32.2 Å². The molecule has 0 bridgehead atoms. The van der Waals surface area contributed by atoms with E-state index < -0.39 is 17.9 Å². The number of furan rings is 1. The molecule has 3 rings (SSSR count). The molecular weight excluding hydrogens is 389 g/mol. The highest BCUT2D eigenvalue weighted by atomic mass is 32.2. The van der Waals surface area contributed by atoms with Crippen LogP contribution >= 0.6 is 24.0 Å². The number of amides is 1. The van der Waals surface area contributed by atoms with Crippen LogP contribution in [0.2, 0.25) is 0 Å². The molecule has 0 unspecified atom stereocenters. The molecule has 140 valence electrons. The first-order chi connectivity index (χ1) is 12.9. The van der Waals surface area contributed by atoms with Gasteiger partial charge in [0.1, 0.15) is 27.7 Å². The van der Waals surface area contributed by atoms with E-state index in [-0.39, 0.29) is 10.1 Å². The summed E-state index contributed by atoms with van der Waals surface area (Å²) >= 11 is 6.26. The minimum absolute atomic E-state index is 0.220. The van der Waals surface area contributed by atoms with Crippen molar-refractivity contribution in [3.05, 3.63) is 52.9 Å². The lowest BCUT2D eigenvalue weighted by Crippen LogP contribution is -2.43. The number of carbonyl (C=O) groups is 2. The number of rotatable bonds is 6. The van der Waals surface area contributed by atoms with Gasteiger partial charge in [-0.2, -0.15) is 0 Å². The van der Waals surface area contributed by atoms with Crippen LogP contribution in [-0.2, 0) is 9.59 Å². The summed E-state index contributed by atoms with van der Waals surface area (Å²) in [6.45, 7) is 1.85. The highest BCUT2D eigenvalue weighted by Crippen LogP contribution is 2.35. The van der Waals surface area contributed by atoms with Crippen LogP contribution in [0.15, 0.2) is 45.7 Å². The normalized spacial score (nSPS) is 17.0. The molecule has 1 fully saturated rings. The summed E-state index contributed by atoms with van der Waals surface area (Å²) in [5.74, 6) is -0.894. The van der Waals surface area contributed by atoms with Crippen molar-refractivity contribution in [2.45, 2.75) is 25.8 Å². The molecule has 1 aromatic carbocycles. The molecule has 0 saturated carbocycles. The lowest BCUT2D eigenvalue weighted by atomic mass is 10.1. The molecule has 1 atom stereocenters. The van der Waals surface area contributed by atoms with E-state index in [1.807, 2.05) is 6.92 Å². The molecular formula is C19H16FNO4S2. The number of carboxylic acid groups (broad SMARTS) is 1. The van der Waals surface area contributed by atoms with Crippen molar-refractivity contribution >= 4 is 46.3 Å². The second-order valence-corrected chi connectivity index (χ2v) is 7.58. The molecule has 2 aromatic rings. The molecule has 1 saturated heterocycles. The summed E-state index contributed by atoms with van der Waals surface area (Å²) < 4.78 is 19.0. The zero-order chi connectivity index (χ0) is 19.6. The van der Waals surface area contributed by atoms with Gasteiger partial charge in [0, 0.05) is 11.6 Å². The molecule has 8 heteroatoms. The van der Waals surface area contributed by atoms with Gasteiger partial charge >= 0.3 is 5.97 Å². The molecule has 0 aliphatic carbocycles. The lowest BCUT2D eigenvalue weighted by Gasteiger charge is -2.22. The minimum atomic E-state index is -1.08. The smallest absolute Gasteiger partial charge is 0.326 e. The number of thioether (sulfide) groups is 1. The molecule has 1 aliphatic rings. The molecule has 1 N–H and O–H groups in total. The predicted molar refractivity (Wildman–Crippen MR) is 105 cm³/mol. The van der Waals surface area contributed by atoms with E-state index in [1.165, 1.54) is 18.2 Å². The number of carboxylic acids is 1. The molecule has 0 spiro atoms. The first-order valence-electron chi connectivity index (χ1n) is 8.26. The maximum atomic E-state index is 13.0. The summed E-state index contributed by atoms with van der Waals surface area (Å²) in [5.41, 5.74) is 0.706. The quantitative estimate of drug-likeness (QED) is 0.562. The average Bonchev–Trinajstić information content (AvgIpc) is 3.19. The van der Waals surface area contributed by atoms with Crippen molar-refractivity contribution in [1.82, 2.24) is 4.90 Å². The third-order valence-electron chi connectivity index (χ3n) is 4.01. The SMILES string of the molecule is CCC[C@H](C(=O)O)N1C(=O)/C(=C/c2ccc(-c3ccc(F)cc3)o2)SC1=S. The summed E-state index contributed by atoms with van der Waals surface area (Å²) in [4.78, 5) is 25.6. The second kappa shape index (κ2) is 8.06. The lowest BCUT2D eigenvalue weighted by molar-refractivity contribution is -0.145. The van der Waals surface area contributed by atoms with Gasteiger partial charge in [0.25, 0.3) is 5.91 Å². The molecule has 1 amide bonds. The molecule has 1 aliphatic heterocycles. The average molecular weight is 405 g/mol. The summed E-state index contributed by atoms with van der Waals surface area (Å²) in [5, 5.41) is 9.40. The van der Waals surface area contributed by atoms with Crippen molar-refractivity contribution < 1.29 is 23.5 Å². The number of halogens is 1. The Balaban J connectivity index is 1.84. The fraction of sp³-hybridized carbons (Fsp3) is 0.211. The van der Waals surface area contributed by atoms with Gasteiger partial charge in [-0.1, -0.05) is 37.3 Å². The molecule has 27 heavy (non-hydrogen) atoms. The summed E-state index contributed by atoms with van der Waals surface area (Å²) in [7, 11) is 0. The van der Waals surface area contributed by atoms with Gasteiger partial charge in [-0.15, -0.1) is 0 Å². The summed E-state index contributed by atoms with van der Waals surface area (Å²) in [6, 6.07) is 8.30. The first-order valence-corrected chi connectivity index (χ1v) is 9.49. The predicted octanol–water partition coefficient (Wildman–Crippen LogP) is 4.54. The van der Waals surface area contributed by atoms with E-state index in [9.17, 15) is 19.1 Å². The van der Waals surface area contributed by atoms with Gasteiger partial charge in [-0.25, -0.2) is 9.18 Å². The Morgan fingerprint density at radius 1 is 1.33 bits per heavy atom. The summed E-state index contributed by atoms with van der Waals surface area (Å²) in [6.07, 6.45) is 2.48. The number of hydrogen-bond donors (Lipinski definition) is 1. The Labute approximate surface area is 164 Å². The van der Waals surface area contributed by atoms with Gasteiger partial charge in [-0.05, 0) is 42.8 Å². The maximum absolute atomic E-state index is 13.0. The molecule has 5 nitrogen and oxygen atoms in total. The maximum Gasteiger partial charge on any atom is 0.326 e. The Morgan fingerprint density at radius 3 is 2.67 bits per heavy atom. The van der Waals surface area contributed by atoms with Gasteiger partial charge in [0.2, 0.25) is 0 Å². The minimum Gasteiger partial charge on any atom is -0.480 e. The van der Waals surface area contributed by atoms with Crippen LogP contribution in [0.1, 0.15) is 25.5 Å². The zero-order valence-electron chi connectivity index (χ0n) is 14.3. The van der Waals surface area contributed by atoms with Crippen LogP contribution in [0.3, 0.4) is 0 Å². The van der Waals surface area contributed by atoms with Crippen LogP contribution in [0.5, 0.6) is 0 Å². The molecule has 2 heterocycles. The highest BCUT2D eigenvalue weighted by molar-refractivity contribution is 8.26. The zero-order valence-corrected chi connectivity index (χ0v) is 16.0.